The smallest absolute Gasteiger partial charge is 0.200 e. The lowest BCUT2D eigenvalue weighted by molar-refractivity contribution is 0.468. The maximum absolute atomic E-state index is 9.74. The predicted octanol–water partition coefficient (Wildman–Crippen LogP) is 4.17. The van der Waals surface area contributed by atoms with E-state index in [9.17, 15) is 5.11 Å². The number of hydrogen-bond acceptors (Lipinski definition) is 5. The number of rotatable bonds is 3. The summed E-state index contributed by atoms with van der Waals surface area (Å²) in [7, 11) is 0. The quantitative estimate of drug-likeness (QED) is 0.455. The Kier molecular flexibility index (Phi) is 4.20. The summed E-state index contributed by atoms with van der Waals surface area (Å²) in [6.07, 6.45) is 0. The highest BCUT2D eigenvalue weighted by atomic mass is 79.9. The first-order chi connectivity index (χ1) is 10.4. The van der Waals surface area contributed by atoms with E-state index in [1.165, 1.54) is 0 Å². The molecule has 9 heteroatoms. The van der Waals surface area contributed by atoms with Gasteiger partial charge in [0.15, 0.2) is 11.5 Å². The van der Waals surface area contributed by atoms with Crippen molar-refractivity contribution >= 4 is 61.1 Å². The summed E-state index contributed by atoms with van der Waals surface area (Å²) in [5, 5.41) is 13.0. The first-order valence-electron chi connectivity index (χ1n) is 6.31. The second kappa shape index (κ2) is 5.98. The molecule has 1 aromatic carbocycles. The molecule has 0 fully saturated rings. The molecule has 0 unspecified atom stereocenters. The molecule has 0 aliphatic rings. The molecule has 114 valence electrons. The van der Waals surface area contributed by atoms with E-state index in [0.29, 0.717) is 31.7 Å². The number of aromatic nitrogens is 4. The molecule has 0 saturated carbocycles. The summed E-state index contributed by atoms with van der Waals surface area (Å²) in [4.78, 5) is 14.7. The zero-order chi connectivity index (χ0) is 15.9. The number of aromatic hydroxyl groups is 1. The first kappa shape index (κ1) is 15.4. The summed E-state index contributed by atoms with van der Waals surface area (Å²) in [6.45, 7) is 2.39. The number of phenols is 1. The van der Waals surface area contributed by atoms with Crippen LogP contribution in [0.2, 0.25) is 0 Å². The topological polar surface area (TPSA) is 89.6 Å². The second-order valence-electron chi connectivity index (χ2n) is 4.70. The van der Waals surface area contributed by atoms with Gasteiger partial charge >= 0.3 is 0 Å². The Morgan fingerprint density at radius 3 is 2.59 bits per heavy atom. The van der Waals surface area contributed by atoms with Crippen molar-refractivity contribution in [3.8, 4) is 5.75 Å². The van der Waals surface area contributed by atoms with E-state index in [1.54, 1.807) is 0 Å². The van der Waals surface area contributed by atoms with Crippen molar-refractivity contribution in [2.75, 3.05) is 5.32 Å². The number of halogens is 2. The van der Waals surface area contributed by atoms with Gasteiger partial charge in [0, 0.05) is 6.54 Å². The molecule has 3 rings (SSSR count). The van der Waals surface area contributed by atoms with Gasteiger partial charge in [-0.2, -0.15) is 0 Å². The largest absolute Gasteiger partial charge is 0.506 e. The summed E-state index contributed by atoms with van der Waals surface area (Å²) < 4.78 is 1.62. The number of benzene rings is 1. The SMILES string of the molecule is Cc1nc2[nH]c(=S)nc(NCc3cc(Br)c(O)c(Br)c3)c2[nH]1. The fraction of sp³-hybridized carbons (Fsp3) is 0.154. The fourth-order valence-electron chi connectivity index (χ4n) is 2.07. The van der Waals surface area contributed by atoms with Crippen LogP contribution in [0.4, 0.5) is 5.82 Å². The van der Waals surface area contributed by atoms with Gasteiger partial charge in [0.1, 0.15) is 17.1 Å². The molecule has 0 aliphatic carbocycles. The highest BCUT2D eigenvalue weighted by Crippen LogP contribution is 2.33. The van der Waals surface area contributed by atoms with Crippen LogP contribution in [0.25, 0.3) is 11.2 Å². The lowest BCUT2D eigenvalue weighted by Gasteiger charge is -2.09. The first-order valence-corrected chi connectivity index (χ1v) is 8.31. The standard InChI is InChI=1S/C13H11Br2N5OS/c1-5-17-9-11(19-13(22)20-12(9)18-5)16-4-6-2-7(14)10(21)8(15)3-6/h2-3,21H,4H2,1H3,(H3,16,17,18,19,20,22). The van der Waals surface area contributed by atoms with Crippen LogP contribution in [0, 0.1) is 11.7 Å². The number of aryl methyl sites for hydroxylation is 1. The van der Waals surface area contributed by atoms with Crippen LogP contribution >= 0.6 is 44.1 Å². The van der Waals surface area contributed by atoms with Crippen LogP contribution in [0.1, 0.15) is 11.4 Å². The third-order valence-corrected chi connectivity index (χ3v) is 4.44. The lowest BCUT2D eigenvalue weighted by atomic mass is 10.2. The van der Waals surface area contributed by atoms with Crippen molar-refractivity contribution in [3.05, 3.63) is 37.2 Å². The fourth-order valence-corrected chi connectivity index (χ4v) is 3.54. The summed E-state index contributed by atoms with van der Waals surface area (Å²) in [5.41, 5.74) is 2.43. The lowest BCUT2D eigenvalue weighted by Crippen LogP contribution is -2.03. The second-order valence-corrected chi connectivity index (χ2v) is 6.79. The zero-order valence-corrected chi connectivity index (χ0v) is 15.4. The van der Waals surface area contributed by atoms with E-state index in [0.717, 1.165) is 16.9 Å². The Labute approximate surface area is 147 Å². The number of H-pyrrole nitrogens is 2. The normalized spacial score (nSPS) is 11.0. The molecule has 0 saturated heterocycles. The van der Waals surface area contributed by atoms with Crippen LogP contribution in [0.3, 0.4) is 0 Å². The summed E-state index contributed by atoms with van der Waals surface area (Å²) in [5.74, 6) is 1.60. The van der Waals surface area contributed by atoms with Crippen molar-refractivity contribution < 1.29 is 5.11 Å². The Morgan fingerprint density at radius 2 is 1.91 bits per heavy atom. The average Bonchev–Trinajstić information content (AvgIpc) is 2.82. The van der Waals surface area contributed by atoms with Gasteiger partial charge in [-0.25, -0.2) is 9.97 Å². The number of nitrogens with zero attached hydrogens (tertiary/aromatic N) is 2. The molecular weight excluding hydrogens is 434 g/mol. The van der Waals surface area contributed by atoms with Crippen LogP contribution in [0.5, 0.6) is 5.75 Å². The Bertz CT molecular complexity index is 897. The number of anilines is 1. The molecule has 0 spiro atoms. The number of phenolic OH excluding ortho intramolecular Hbond substituents is 1. The van der Waals surface area contributed by atoms with Crippen molar-refractivity contribution in [3.63, 3.8) is 0 Å². The zero-order valence-electron chi connectivity index (χ0n) is 11.4. The molecule has 0 amide bonds. The Hall–Kier alpha value is -1.45. The van der Waals surface area contributed by atoms with Crippen LogP contribution < -0.4 is 5.32 Å². The van der Waals surface area contributed by atoms with E-state index in [4.69, 9.17) is 12.2 Å². The number of fused-ring (bicyclic) bond motifs is 1. The van der Waals surface area contributed by atoms with E-state index in [1.807, 2.05) is 19.1 Å². The molecule has 0 aliphatic heterocycles. The summed E-state index contributed by atoms with van der Waals surface area (Å²) >= 11 is 11.8. The molecule has 2 aromatic heterocycles. The van der Waals surface area contributed by atoms with Gasteiger partial charge in [-0.15, -0.1) is 0 Å². The molecule has 0 atom stereocenters. The molecular formula is C13H11Br2N5OS. The maximum atomic E-state index is 9.74. The summed E-state index contributed by atoms with van der Waals surface area (Å²) in [6, 6.07) is 3.68. The van der Waals surface area contributed by atoms with Gasteiger partial charge in [-0.05, 0) is 68.7 Å². The van der Waals surface area contributed by atoms with Gasteiger partial charge in [0.25, 0.3) is 0 Å². The Morgan fingerprint density at radius 1 is 1.23 bits per heavy atom. The van der Waals surface area contributed by atoms with E-state index in [2.05, 4.69) is 57.1 Å². The number of aromatic amines is 2. The molecule has 0 radical (unpaired) electrons. The van der Waals surface area contributed by atoms with E-state index in [-0.39, 0.29) is 5.75 Å². The number of nitrogens with one attached hydrogen (secondary N) is 3. The number of imidazole rings is 1. The highest BCUT2D eigenvalue weighted by Gasteiger charge is 2.10. The molecule has 2 heterocycles. The molecule has 3 aromatic rings. The highest BCUT2D eigenvalue weighted by molar-refractivity contribution is 9.11. The maximum Gasteiger partial charge on any atom is 0.200 e. The van der Waals surface area contributed by atoms with Gasteiger partial charge in [-0.3, -0.25) is 0 Å². The van der Waals surface area contributed by atoms with Crippen molar-refractivity contribution in [2.45, 2.75) is 13.5 Å². The molecule has 4 N–H and O–H groups in total. The minimum atomic E-state index is 0.176. The molecule has 0 bridgehead atoms. The van der Waals surface area contributed by atoms with Gasteiger partial charge in [0.05, 0.1) is 8.95 Å². The van der Waals surface area contributed by atoms with E-state index >= 15 is 0 Å². The predicted molar refractivity (Wildman–Crippen MR) is 94.6 cm³/mol. The van der Waals surface area contributed by atoms with Crippen LogP contribution in [-0.4, -0.2) is 25.0 Å². The molecule has 6 nitrogen and oxygen atoms in total. The van der Waals surface area contributed by atoms with Crippen LogP contribution in [0.15, 0.2) is 21.1 Å². The van der Waals surface area contributed by atoms with Gasteiger partial charge in [-0.1, -0.05) is 0 Å². The third kappa shape index (κ3) is 3.01. The van der Waals surface area contributed by atoms with Crippen molar-refractivity contribution in [1.29, 1.82) is 0 Å². The minimum absolute atomic E-state index is 0.176. The van der Waals surface area contributed by atoms with Crippen molar-refractivity contribution in [2.24, 2.45) is 0 Å². The van der Waals surface area contributed by atoms with Crippen molar-refractivity contribution in [1.82, 2.24) is 19.9 Å². The van der Waals surface area contributed by atoms with Crippen LogP contribution in [-0.2, 0) is 6.54 Å². The monoisotopic (exact) mass is 443 g/mol. The minimum Gasteiger partial charge on any atom is -0.506 e. The molecule has 22 heavy (non-hydrogen) atoms. The Balaban J connectivity index is 1.92. The van der Waals surface area contributed by atoms with Gasteiger partial charge < -0.3 is 20.4 Å². The average molecular weight is 445 g/mol. The third-order valence-electron chi connectivity index (χ3n) is 3.03. The number of hydrogen-bond donors (Lipinski definition) is 4. The van der Waals surface area contributed by atoms with Gasteiger partial charge in [0.2, 0.25) is 4.77 Å². The van der Waals surface area contributed by atoms with E-state index < -0.39 is 0 Å².